The van der Waals surface area contributed by atoms with E-state index in [0.717, 1.165) is 6.54 Å². The van der Waals surface area contributed by atoms with E-state index in [1.54, 1.807) is 5.70 Å². The summed E-state index contributed by atoms with van der Waals surface area (Å²) in [5, 5.41) is 0. The molecule has 1 aromatic rings. The minimum atomic E-state index is 0. The third-order valence-electron chi connectivity index (χ3n) is 5.56. The number of likely N-dealkylation sites (tertiary alicyclic amines) is 1. The molecule has 0 aromatic heterocycles. The summed E-state index contributed by atoms with van der Waals surface area (Å²) >= 11 is 0. The molecule has 0 atom stereocenters. The van der Waals surface area contributed by atoms with Gasteiger partial charge in [-0.3, -0.25) is 0 Å². The van der Waals surface area contributed by atoms with Crippen molar-refractivity contribution in [3.63, 3.8) is 0 Å². The van der Waals surface area contributed by atoms with Gasteiger partial charge in [0.2, 0.25) is 0 Å². The first-order valence-electron chi connectivity index (χ1n) is 9.75. The zero-order valence-corrected chi connectivity index (χ0v) is 17.5. The van der Waals surface area contributed by atoms with E-state index in [2.05, 4.69) is 65.9 Å². The molecule has 0 radical (unpaired) electrons. The van der Waals surface area contributed by atoms with Crippen molar-refractivity contribution < 1.29 is 21.6 Å². The zero-order chi connectivity index (χ0) is 16.8. The Morgan fingerprint density at radius 2 is 1.68 bits per heavy atom. The van der Waals surface area contributed by atoms with Crippen molar-refractivity contribution in [2.24, 2.45) is 0 Å². The topological polar surface area (TPSA) is 6.25 Å². The van der Waals surface area contributed by atoms with Crippen LogP contribution in [0, 0.1) is 0 Å². The van der Waals surface area contributed by atoms with E-state index in [9.17, 15) is 0 Å². The fourth-order valence-electron chi connectivity index (χ4n) is 4.03. The molecular formula is C22H33BrN2. The van der Waals surface area contributed by atoms with Gasteiger partial charge in [-0.1, -0.05) is 43.2 Å². The monoisotopic (exact) mass is 404 g/mol. The molecule has 1 saturated heterocycles. The molecule has 0 saturated carbocycles. The van der Waals surface area contributed by atoms with Gasteiger partial charge in [0, 0.05) is 45.1 Å². The highest BCUT2D eigenvalue weighted by Gasteiger charge is 2.35. The number of halogens is 1. The van der Waals surface area contributed by atoms with E-state index in [1.165, 1.54) is 63.6 Å². The molecule has 1 aromatic carbocycles. The van der Waals surface area contributed by atoms with E-state index in [-0.39, 0.29) is 22.5 Å². The Morgan fingerprint density at radius 3 is 2.32 bits per heavy atom. The maximum absolute atomic E-state index is 2.65. The lowest BCUT2D eigenvalue weighted by molar-refractivity contribution is -0.598. The summed E-state index contributed by atoms with van der Waals surface area (Å²) in [6.45, 7) is 8.45. The number of benzene rings is 1. The van der Waals surface area contributed by atoms with Crippen molar-refractivity contribution in [3.8, 4) is 0 Å². The maximum Gasteiger partial charge on any atom is 0.165 e. The van der Waals surface area contributed by atoms with Crippen molar-refractivity contribution in [1.29, 1.82) is 0 Å². The standard InChI is InChI=1S/C22H33N2.BrH/c1-22(2)19-21(23-15-8-3-4-9-16-23)14-18-24(22)17-10-13-20-11-6-5-7-12-20;/h5-7,11-12,14,18H,3-4,8-10,13,15-17,19H2,1-2H3;1H/q+1;/p-1. The number of nitrogens with zero attached hydrogens (tertiary/aromatic N) is 2. The zero-order valence-electron chi connectivity index (χ0n) is 15.9. The Hall–Kier alpha value is -1.09. The van der Waals surface area contributed by atoms with Gasteiger partial charge in [-0.2, -0.15) is 0 Å². The second-order valence-electron chi connectivity index (χ2n) is 7.98. The van der Waals surface area contributed by atoms with E-state index < -0.39 is 0 Å². The molecule has 25 heavy (non-hydrogen) atoms. The highest BCUT2D eigenvalue weighted by Crippen LogP contribution is 2.27. The van der Waals surface area contributed by atoms with E-state index >= 15 is 0 Å². The Balaban J connectivity index is 0.00000225. The van der Waals surface area contributed by atoms with Crippen LogP contribution in [-0.4, -0.2) is 40.9 Å². The first-order valence-corrected chi connectivity index (χ1v) is 9.75. The van der Waals surface area contributed by atoms with Crippen molar-refractivity contribution in [2.45, 2.75) is 64.3 Å². The maximum atomic E-state index is 2.65. The lowest BCUT2D eigenvalue weighted by Crippen LogP contribution is -3.00. The molecule has 0 aliphatic carbocycles. The molecule has 0 spiro atoms. The second kappa shape index (κ2) is 9.56. The number of allylic oxidation sites excluding steroid dienone is 1. The minimum absolute atomic E-state index is 0. The Morgan fingerprint density at radius 1 is 1.00 bits per heavy atom. The average molecular weight is 405 g/mol. The number of rotatable bonds is 5. The van der Waals surface area contributed by atoms with Crippen LogP contribution in [-0.2, 0) is 6.42 Å². The van der Waals surface area contributed by atoms with Crippen LogP contribution in [0.15, 0.2) is 42.1 Å². The summed E-state index contributed by atoms with van der Waals surface area (Å²) in [5.74, 6) is 0. The van der Waals surface area contributed by atoms with Gasteiger partial charge < -0.3 is 21.9 Å². The summed E-state index contributed by atoms with van der Waals surface area (Å²) in [6, 6.07) is 10.9. The molecule has 2 heterocycles. The smallest absolute Gasteiger partial charge is 0.165 e. The lowest BCUT2D eigenvalue weighted by atomic mass is 9.93. The molecule has 3 heteroatoms. The van der Waals surface area contributed by atoms with Crippen LogP contribution >= 0.6 is 0 Å². The molecule has 1 fully saturated rings. The van der Waals surface area contributed by atoms with Crippen LogP contribution in [0.5, 0.6) is 0 Å². The van der Waals surface area contributed by atoms with Gasteiger partial charge >= 0.3 is 0 Å². The molecule has 0 amide bonds. The van der Waals surface area contributed by atoms with Crippen LogP contribution in [0.2, 0.25) is 0 Å². The minimum Gasteiger partial charge on any atom is -1.00 e. The summed E-state index contributed by atoms with van der Waals surface area (Å²) in [4.78, 5) is 2.65. The van der Waals surface area contributed by atoms with Crippen molar-refractivity contribution in [3.05, 3.63) is 47.7 Å². The van der Waals surface area contributed by atoms with Gasteiger partial charge in [-0.05, 0) is 24.8 Å². The second-order valence-corrected chi connectivity index (χ2v) is 7.98. The van der Waals surface area contributed by atoms with Crippen LogP contribution in [0.25, 0.3) is 0 Å². The van der Waals surface area contributed by atoms with Gasteiger partial charge in [0.1, 0.15) is 6.54 Å². The van der Waals surface area contributed by atoms with Crippen LogP contribution in [0.3, 0.4) is 0 Å². The van der Waals surface area contributed by atoms with Crippen LogP contribution in [0.4, 0.5) is 0 Å². The average Bonchev–Trinajstić information content (AvgIpc) is 2.86. The van der Waals surface area contributed by atoms with Crippen LogP contribution < -0.4 is 17.0 Å². The van der Waals surface area contributed by atoms with Gasteiger partial charge in [0.25, 0.3) is 0 Å². The first kappa shape index (κ1) is 20.2. The summed E-state index contributed by atoms with van der Waals surface area (Å²) in [6.07, 6.45) is 13.8. The predicted molar refractivity (Wildman–Crippen MR) is 103 cm³/mol. The first-order chi connectivity index (χ1) is 11.6. The lowest BCUT2D eigenvalue weighted by Gasteiger charge is -2.33. The van der Waals surface area contributed by atoms with E-state index in [4.69, 9.17) is 0 Å². The third kappa shape index (κ3) is 5.70. The van der Waals surface area contributed by atoms with Gasteiger partial charge in [0.15, 0.2) is 11.8 Å². The quantitative estimate of drug-likeness (QED) is 0.676. The van der Waals surface area contributed by atoms with Crippen LogP contribution in [0.1, 0.15) is 57.9 Å². The summed E-state index contributed by atoms with van der Waals surface area (Å²) in [5.41, 5.74) is 3.24. The Bertz CT molecular complexity index is 581. The molecule has 2 aliphatic heterocycles. The molecule has 0 bridgehead atoms. The summed E-state index contributed by atoms with van der Waals surface area (Å²) < 4.78 is 2.55. The van der Waals surface area contributed by atoms with Gasteiger partial charge in [0.05, 0.1) is 6.42 Å². The molecule has 0 N–H and O–H groups in total. The Kier molecular flexibility index (Phi) is 7.74. The highest BCUT2D eigenvalue weighted by atomic mass is 79.9. The SMILES string of the molecule is CC1(C)CC(N2CCCCCC2)=CC=[N+]1CCCc1ccccc1.[Br-]. The molecule has 138 valence electrons. The van der Waals surface area contributed by atoms with Crippen molar-refractivity contribution >= 4 is 6.21 Å². The number of aryl methyl sites for hydroxylation is 1. The molecule has 2 nitrogen and oxygen atoms in total. The molecular weight excluding hydrogens is 372 g/mol. The predicted octanol–water partition coefficient (Wildman–Crippen LogP) is 1.65. The fourth-order valence-corrected chi connectivity index (χ4v) is 4.03. The highest BCUT2D eigenvalue weighted by molar-refractivity contribution is 5.68. The van der Waals surface area contributed by atoms with E-state index in [1.807, 2.05) is 0 Å². The van der Waals surface area contributed by atoms with E-state index in [0.29, 0.717) is 0 Å². The van der Waals surface area contributed by atoms with Crippen molar-refractivity contribution in [1.82, 2.24) is 4.90 Å². The third-order valence-corrected chi connectivity index (χ3v) is 5.56. The van der Waals surface area contributed by atoms with Crippen molar-refractivity contribution in [2.75, 3.05) is 19.6 Å². The molecule has 3 rings (SSSR count). The summed E-state index contributed by atoms with van der Waals surface area (Å²) in [7, 11) is 0. The number of hydrogen-bond donors (Lipinski definition) is 0. The normalized spacial score (nSPS) is 20.2. The largest absolute Gasteiger partial charge is 1.00 e. The molecule has 2 aliphatic rings. The Labute approximate surface area is 164 Å². The van der Waals surface area contributed by atoms with Gasteiger partial charge in [-0.15, -0.1) is 0 Å². The molecule has 0 unspecified atom stereocenters. The number of hydrogen-bond acceptors (Lipinski definition) is 1. The van der Waals surface area contributed by atoms with Gasteiger partial charge in [-0.25, -0.2) is 4.58 Å². The fraction of sp³-hybridized carbons (Fsp3) is 0.591.